The van der Waals surface area contributed by atoms with Gasteiger partial charge in [0.05, 0.1) is 25.3 Å². The van der Waals surface area contributed by atoms with Gasteiger partial charge in [-0.15, -0.1) is 0 Å². The van der Waals surface area contributed by atoms with E-state index in [0.717, 1.165) is 42.6 Å². The minimum Gasteiger partial charge on any atom is -0.494 e. The van der Waals surface area contributed by atoms with Crippen LogP contribution in [-0.2, 0) is 9.53 Å². The molecule has 0 atom stereocenters. The number of rotatable bonds is 11. The Balaban J connectivity index is 1.55. The van der Waals surface area contributed by atoms with Crippen molar-refractivity contribution in [1.29, 1.82) is 5.26 Å². The van der Waals surface area contributed by atoms with Crippen LogP contribution in [0.3, 0.4) is 0 Å². The smallest absolute Gasteiger partial charge is 0.325 e. The molecule has 0 aliphatic heterocycles. The van der Waals surface area contributed by atoms with Crippen LogP contribution < -0.4 is 15.4 Å². The highest BCUT2D eigenvalue weighted by Gasteiger charge is 2.04. The Morgan fingerprint density at radius 1 is 0.900 bits per heavy atom. The molecule has 2 N–H and O–H groups in total. The molecule has 0 bridgehead atoms. The standard InChI is InChI=1S/C23H27N3O4/c1-29-22(27)17-26-23(28)25-14-4-2-3-5-15-30-21-12-10-20(11-13-21)19-8-6-18(16-24)7-9-19/h6-13H,2-5,14-15,17H2,1H3,(H2,25,26,28). The first-order valence-electron chi connectivity index (χ1n) is 9.94. The molecule has 7 nitrogen and oxygen atoms in total. The summed E-state index contributed by atoms with van der Waals surface area (Å²) in [6, 6.07) is 17.2. The summed E-state index contributed by atoms with van der Waals surface area (Å²) in [6.07, 6.45) is 3.80. The monoisotopic (exact) mass is 409 g/mol. The van der Waals surface area contributed by atoms with Crippen molar-refractivity contribution in [3.63, 3.8) is 0 Å². The van der Waals surface area contributed by atoms with Crippen LogP contribution in [0.1, 0.15) is 31.2 Å². The van der Waals surface area contributed by atoms with Crippen molar-refractivity contribution in [3.8, 4) is 22.9 Å². The van der Waals surface area contributed by atoms with Crippen LogP contribution >= 0.6 is 0 Å². The SMILES string of the molecule is COC(=O)CNC(=O)NCCCCCCOc1ccc(-c2ccc(C#N)cc2)cc1. The number of nitriles is 1. The lowest BCUT2D eigenvalue weighted by atomic mass is 10.0. The van der Waals surface area contributed by atoms with E-state index in [1.807, 2.05) is 48.5 Å². The van der Waals surface area contributed by atoms with Crippen LogP contribution in [0.4, 0.5) is 4.79 Å². The summed E-state index contributed by atoms with van der Waals surface area (Å²) in [6.45, 7) is 1.07. The van der Waals surface area contributed by atoms with Gasteiger partial charge in [-0.2, -0.15) is 5.26 Å². The molecule has 158 valence electrons. The fourth-order valence-electron chi connectivity index (χ4n) is 2.74. The number of urea groups is 1. The van der Waals surface area contributed by atoms with Gasteiger partial charge in [0, 0.05) is 6.54 Å². The number of carbonyl (C=O) groups is 2. The number of methoxy groups -OCH3 is 1. The molecule has 7 heteroatoms. The highest BCUT2D eigenvalue weighted by atomic mass is 16.5. The highest BCUT2D eigenvalue weighted by molar-refractivity contribution is 5.80. The first kappa shape index (κ1) is 22.8. The Morgan fingerprint density at radius 3 is 2.17 bits per heavy atom. The lowest BCUT2D eigenvalue weighted by Crippen LogP contribution is -2.39. The molecular weight excluding hydrogens is 382 g/mol. The molecule has 0 spiro atoms. The second-order valence-electron chi connectivity index (χ2n) is 6.66. The zero-order valence-corrected chi connectivity index (χ0v) is 17.1. The maximum Gasteiger partial charge on any atom is 0.325 e. The molecule has 2 aromatic rings. The van der Waals surface area contributed by atoms with Gasteiger partial charge in [-0.3, -0.25) is 4.79 Å². The maximum atomic E-state index is 11.4. The minimum absolute atomic E-state index is 0.131. The van der Waals surface area contributed by atoms with Gasteiger partial charge in [-0.05, 0) is 48.2 Å². The number of esters is 1. The third-order valence-electron chi connectivity index (χ3n) is 4.45. The van der Waals surface area contributed by atoms with E-state index in [1.54, 1.807) is 0 Å². The van der Waals surface area contributed by atoms with E-state index < -0.39 is 5.97 Å². The van der Waals surface area contributed by atoms with Crippen LogP contribution in [-0.4, -0.2) is 38.8 Å². The number of benzene rings is 2. The Kier molecular flexibility index (Phi) is 9.74. The van der Waals surface area contributed by atoms with Gasteiger partial charge in [-0.25, -0.2) is 4.79 Å². The first-order valence-corrected chi connectivity index (χ1v) is 9.94. The molecular formula is C23H27N3O4. The second-order valence-corrected chi connectivity index (χ2v) is 6.66. The van der Waals surface area contributed by atoms with Crippen molar-refractivity contribution in [3.05, 3.63) is 54.1 Å². The second kappa shape index (κ2) is 12.8. The third kappa shape index (κ3) is 8.23. The molecule has 2 aromatic carbocycles. The molecule has 0 saturated carbocycles. The summed E-state index contributed by atoms with van der Waals surface area (Å²) in [5.41, 5.74) is 2.79. The summed E-state index contributed by atoms with van der Waals surface area (Å²) < 4.78 is 10.2. The van der Waals surface area contributed by atoms with Gasteiger partial charge in [0.1, 0.15) is 12.3 Å². The largest absolute Gasteiger partial charge is 0.494 e. The third-order valence-corrected chi connectivity index (χ3v) is 4.45. The van der Waals surface area contributed by atoms with Crippen LogP contribution in [0.25, 0.3) is 11.1 Å². The molecule has 2 rings (SSSR count). The molecule has 0 aliphatic carbocycles. The van der Waals surface area contributed by atoms with Gasteiger partial charge < -0.3 is 20.1 Å². The number of hydrogen-bond donors (Lipinski definition) is 2. The van der Waals surface area contributed by atoms with E-state index in [1.165, 1.54) is 7.11 Å². The molecule has 0 unspecified atom stereocenters. The number of unbranched alkanes of at least 4 members (excludes halogenated alkanes) is 3. The fourth-order valence-corrected chi connectivity index (χ4v) is 2.74. The zero-order valence-electron chi connectivity index (χ0n) is 17.1. The van der Waals surface area contributed by atoms with Crippen LogP contribution in [0, 0.1) is 11.3 Å². The quantitative estimate of drug-likeness (QED) is 0.436. The van der Waals surface area contributed by atoms with Gasteiger partial charge in [0.15, 0.2) is 0 Å². The average molecular weight is 409 g/mol. The van der Waals surface area contributed by atoms with Crippen molar-refractivity contribution >= 4 is 12.0 Å². The molecule has 2 amide bonds. The van der Waals surface area contributed by atoms with Crippen LogP contribution in [0.5, 0.6) is 5.75 Å². The van der Waals surface area contributed by atoms with E-state index in [4.69, 9.17) is 10.00 Å². The number of hydrogen-bond acceptors (Lipinski definition) is 5. The zero-order chi connectivity index (χ0) is 21.6. The molecule has 0 radical (unpaired) electrons. The van der Waals surface area contributed by atoms with Crippen molar-refractivity contribution in [2.75, 3.05) is 26.8 Å². The lowest BCUT2D eigenvalue weighted by Gasteiger charge is -2.08. The summed E-state index contributed by atoms with van der Waals surface area (Å²) >= 11 is 0. The van der Waals surface area contributed by atoms with Gasteiger partial charge in [0.2, 0.25) is 0 Å². The summed E-state index contributed by atoms with van der Waals surface area (Å²) in [7, 11) is 1.28. The molecule has 0 heterocycles. The first-order chi connectivity index (χ1) is 14.6. The number of nitrogens with one attached hydrogen (secondary N) is 2. The number of ether oxygens (including phenoxy) is 2. The molecule has 0 aromatic heterocycles. The molecule has 30 heavy (non-hydrogen) atoms. The molecule has 0 aliphatic rings. The summed E-state index contributed by atoms with van der Waals surface area (Å²) in [5, 5.41) is 14.0. The van der Waals surface area contributed by atoms with Crippen molar-refractivity contribution in [1.82, 2.24) is 10.6 Å². The average Bonchev–Trinajstić information content (AvgIpc) is 2.79. The Labute approximate surface area is 177 Å². The van der Waals surface area contributed by atoms with Crippen LogP contribution in [0.2, 0.25) is 0 Å². The van der Waals surface area contributed by atoms with Crippen molar-refractivity contribution in [2.45, 2.75) is 25.7 Å². The number of carbonyl (C=O) groups excluding carboxylic acids is 2. The van der Waals surface area contributed by atoms with Gasteiger partial charge in [0.25, 0.3) is 0 Å². The molecule has 0 saturated heterocycles. The molecule has 0 fully saturated rings. The predicted octanol–water partition coefficient (Wildman–Crippen LogP) is 3.64. The lowest BCUT2D eigenvalue weighted by molar-refractivity contribution is -0.139. The highest BCUT2D eigenvalue weighted by Crippen LogP contribution is 2.23. The number of nitrogens with zero attached hydrogens (tertiary/aromatic N) is 1. The van der Waals surface area contributed by atoms with Gasteiger partial charge in [-0.1, -0.05) is 37.1 Å². The normalized spacial score (nSPS) is 10.0. The van der Waals surface area contributed by atoms with E-state index in [9.17, 15) is 9.59 Å². The van der Waals surface area contributed by atoms with Gasteiger partial charge >= 0.3 is 12.0 Å². The fraction of sp³-hybridized carbons (Fsp3) is 0.348. The van der Waals surface area contributed by atoms with Crippen LogP contribution in [0.15, 0.2) is 48.5 Å². The summed E-state index contributed by atoms with van der Waals surface area (Å²) in [5.74, 6) is 0.352. The Hall–Kier alpha value is -3.53. The predicted molar refractivity (Wildman–Crippen MR) is 114 cm³/mol. The van der Waals surface area contributed by atoms with E-state index in [0.29, 0.717) is 18.7 Å². The number of amides is 2. The summed E-state index contributed by atoms with van der Waals surface area (Å²) in [4.78, 5) is 22.3. The topological polar surface area (TPSA) is 100 Å². The van der Waals surface area contributed by atoms with Crippen molar-refractivity contribution < 1.29 is 19.1 Å². The van der Waals surface area contributed by atoms with E-state index in [2.05, 4.69) is 21.4 Å². The van der Waals surface area contributed by atoms with E-state index in [-0.39, 0.29) is 12.6 Å². The van der Waals surface area contributed by atoms with E-state index >= 15 is 0 Å². The Morgan fingerprint density at radius 2 is 1.53 bits per heavy atom. The Bertz CT molecular complexity index is 842. The van der Waals surface area contributed by atoms with Crippen molar-refractivity contribution in [2.24, 2.45) is 0 Å². The minimum atomic E-state index is -0.478. The maximum absolute atomic E-state index is 11.4.